The summed E-state index contributed by atoms with van der Waals surface area (Å²) in [5, 5.41) is 2.68. The van der Waals surface area contributed by atoms with Crippen LogP contribution >= 0.6 is 0 Å². The number of carbonyl (C=O) groups is 2. The number of piperidine rings is 1. The van der Waals surface area contributed by atoms with E-state index in [9.17, 15) is 27.2 Å². The minimum Gasteiger partial charge on any atom is -0.378 e. The van der Waals surface area contributed by atoms with Crippen LogP contribution < -0.4 is 5.32 Å². The SMILES string of the molecule is Cc1ccc(NC(=O)[C@@H]2CCCN(C(=O)c3c(C)cccc3F)[C@@H]2c2ccc(CC3CCO[C@@H](C)C3)cc2)cc1C(F)(F)F. The van der Waals surface area contributed by atoms with Crippen molar-refractivity contribution in [3.63, 3.8) is 0 Å². The Morgan fingerprint density at radius 2 is 1.75 bits per heavy atom. The average molecular weight is 611 g/mol. The number of nitrogens with one attached hydrogen (secondary N) is 1. The fourth-order valence-corrected chi connectivity index (χ4v) is 6.66. The summed E-state index contributed by atoms with van der Waals surface area (Å²) in [5.41, 5.74) is 1.55. The molecule has 2 fully saturated rings. The first-order chi connectivity index (χ1) is 20.9. The van der Waals surface area contributed by atoms with E-state index in [1.165, 1.54) is 25.1 Å². The molecule has 234 valence electrons. The monoisotopic (exact) mass is 610 g/mol. The Morgan fingerprint density at radius 3 is 2.43 bits per heavy atom. The smallest absolute Gasteiger partial charge is 0.378 e. The van der Waals surface area contributed by atoms with Gasteiger partial charge in [0.1, 0.15) is 5.82 Å². The second kappa shape index (κ2) is 13.1. The highest BCUT2D eigenvalue weighted by molar-refractivity contribution is 5.98. The second-order valence-corrected chi connectivity index (χ2v) is 12.2. The maximum Gasteiger partial charge on any atom is 0.416 e. The van der Waals surface area contributed by atoms with Gasteiger partial charge >= 0.3 is 6.18 Å². The van der Waals surface area contributed by atoms with E-state index in [1.54, 1.807) is 24.0 Å². The van der Waals surface area contributed by atoms with E-state index >= 15 is 0 Å². The maximum atomic E-state index is 15.0. The van der Waals surface area contributed by atoms with Crippen molar-refractivity contribution < 1.29 is 31.9 Å². The van der Waals surface area contributed by atoms with Crippen LogP contribution in [0, 0.1) is 31.5 Å². The van der Waals surface area contributed by atoms with Crippen molar-refractivity contribution in [3.8, 4) is 0 Å². The zero-order valence-electron chi connectivity index (χ0n) is 25.2. The third kappa shape index (κ3) is 6.98. The summed E-state index contributed by atoms with van der Waals surface area (Å²) < 4.78 is 61.4. The number of alkyl halides is 3. The molecular weight excluding hydrogens is 572 g/mol. The van der Waals surface area contributed by atoms with Gasteiger partial charge in [-0.15, -0.1) is 0 Å². The van der Waals surface area contributed by atoms with Gasteiger partial charge in [-0.3, -0.25) is 9.59 Å². The van der Waals surface area contributed by atoms with Gasteiger partial charge in [-0.05, 0) is 99.2 Å². The summed E-state index contributed by atoms with van der Waals surface area (Å²) in [7, 11) is 0. The van der Waals surface area contributed by atoms with Gasteiger partial charge < -0.3 is 15.0 Å². The first-order valence-corrected chi connectivity index (χ1v) is 15.2. The number of rotatable bonds is 6. The third-order valence-electron chi connectivity index (χ3n) is 8.91. The standard InChI is InChI=1S/C35H38F4N2O3/c1-21-9-14-27(20-29(21)35(37,38)39)40-33(42)28-7-5-16-41(34(43)31-22(2)6-4-8-30(31)36)32(28)26-12-10-24(11-13-26)19-25-15-17-44-23(3)18-25/h4,6,8-14,20,23,25,28,32H,5,7,15-19H2,1-3H3,(H,40,42)/t23-,25?,28+,32+/m0/s1. The van der Waals surface area contributed by atoms with Crippen LogP contribution in [-0.2, 0) is 22.1 Å². The molecule has 9 heteroatoms. The van der Waals surface area contributed by atoms with Crippen molar-refractivity contribution in [3.05, 3.63) is 99.9 Å². The number of nitrogens with zero attached hydrogens (tertiary/aromatic N) is 1. The van der Waals surface area contributed by atoms with Crippen LogP contribution in [0.4, 0.5) is 23.2 Å². The number of anilines is 1. The lowest BCUT2D eigenvalue weighted by atomic mass is 9.82. The number of likely N-dealkylation sites (tertiary alicyclic amines) is 1. The van der Waals surface area contributed by atoms with Gasteiger partial charge in [-0.1, -0.05) is 42.5 Å². The fraction of sp³-hybridized carbons (Fsp3) is 0.429. The number of carbonyl (C=O) groups excluding carboxylic acids is 2. The predicted octanol–water partition coefficient (Wildman–Crippen LogP) is 8.05. The van der Waals surface area contributed by atoms with Crippen molar-refractivity contribution in [2.24, 2.45) is 11.8 Å². The number of ether oxygens (including phenoxy) is 1. The third-order valence-corrected chi connectivity index (χ3v) is 8.91. The number of hydrogen-bond acceptors (Lipinski definition) is 3. The van der Waals surface area contributed by atoms with E-state index < -0.39 is 41.3 Å². The topological polar surface area (TPSA) is 58.6 Å². The summed E-state index contributed by atoms with van der Waals surface area (Å²) in [5.74, 6) is -1.91. The van der Waals surface area contributed by atoms with Crippen LogP contribution in [0.15, 0.2) is 60.7 Å². The molecule has 5 nitrogen and oxygen atoms in total. The highest BCUT2D eigenvalue weighted by atomic mass is 19.4. The molecule has 3 aromatic rings. The summed E-state index contributed by atoms with van der Waals surface area (Å²) in [4.78, 5) is 29.2. The Kier molecular flexibility index (Phi) is 9.44. The molecule has 1 N–H and O–H groups in total. The quantitative estimate of drug-likeness (QED) is 0.288. The molecule has 2 aliphatic rings. The van der Waals surface area contributed by atoms with Crippen molar-refractivity contribution in [1.82, 2.24) is 4.90 Å². The Hall–Kier alpha value is -3.72. The Balaban J connectivity index is 1.46. The Morgan fingerprint density at radius 1 is 1.00 bits per heavy atom. The number of benzene rings is 3. The maximum absolute atomic E-state index is 15.0. The molecule has 1 unspecified atom stereocenters. The van der Waals surface area contributed by atoms with Crippen LogP contribution in [0.3, 0.4) is 0 Å². The molecule has 4 atom stereocenters. The van der Waals surface area contributed by atoms with Gasteiger partial charge in [-0.25, -0.2) is 4.39 Å². The average Bonchev–Trinajstić information content (AvgIpc) is 2.97. The summed E-state index contributed by atoms with van der Waals surface area (Å²) in [6.07, 6.45) is -0.608. The zero-order valence-corrected chi connectivity index (χ0v) is 25.2. The van der Waals surface area contributed by atoms with E-state index in [4.69, 9.17) is 4.74 Å². The van der Waals surface area contributed by atoms with Gasteiger partial charge in [0, 0.05) is 18.8 Å². The van der Waals surface area contributed by atoms with Crippen LogP contribution in [0.25, 0.3) is 0 Å². The lowest BCUT2D eigenvalue weighted by Crippen LogP contribution is -2.46. The highest BCUT2D eigenvalue weighted by Gasteiger charge is 2.41. The van der Waals surface area contributed by atoms with Crippen LogP contribution in [-0.4, -0.2) is 36.0 Å². The van der Waals surface area contributed by atoms with Crippen molar-refractivity contribution >= 4 is 17.5 Å². The van der Waals surface area contributed by atoms with E-state index in [1.807, 2.05) is 24.3 Å². The minimum atomic E-state index is -4.57. The lowest BCUT2D eigenvalue weighted by Gasteiger charge is -2.41. The molecule has 0 aromatic heterocycles. The Bertz CT molecular complexity index is 1480. The molecule has 0 spiro atoms. The van der Waals surface area contributed by atoms with Gasteiger partial charge in [0.2, 0.25) is 5.91 Å². The summed E-state index contributed by atoms with van der Waals surface area (Å²) in [6, 6.07) is 15.3. The number of halogens is 4. The van der Waals surface area contributed by atoms with E-state index in [0.717, 1.165) is 43.1 Å². The number of amides is 2. The molecule has 0 aliphatic carbocycles. The lowest BCUT2D eigenvalue weighted by molar-refractivity contribution is -0.138. The molecule has 0 saturated carbocycles. The minimum absolute atomic E-state index is 0.0288. The molecule has 2 heterocycles. The van der Waals surface area contributed by atoms with Gasteiger partial charge in [0.05, 0.1) is 29.2 Å². The van der Waals surface area contributed by atoms with E-state index in [2.05, 4.69) is 12.2 Å². The van der Waals surface area contributed by atoms with Gasteiger partial charge in [0.25, 0.3) is 5.91 Å². The highest BCUT2D eigenvalue weighted by Crippen LogP contribution is 2.40. The molecule has 0 radical (unpaired) electrons. The van der Waals surface area contributed by atoms with Crippen LogP contribution in [0.5, 0.6) is 0 Å². The molecule has 2 amide bonds. The van der Waals surface area contributed by atoms with Crippen molar-refractivity contribution in [2.75, 3.05) is 18.5 Å². The molecular formula is C35H38F4N2O3. The zero-order chi connectivity index (χ0) is 31.6. The molecule has 2 saturated heterocycles. The fourth-order valence-electron chi connectivity index (χ4n) is 6.66. The van der Waals surface area contributed by atoms with Crippen LogP contribution in [0.2, 0.25) is 0 Å². The van der Waals surface area contributed by atoms with Gasteiger partial charge in [0.15, 0.2) is 0 Å². The van der Waals surface area contributed by atoms with E-state index in [-0.39, 0.29) is 22.9 Å². The largest absolute Gasteiger partial charge is 0.416 e. The summed E-state index contributed by atoms with van der Waals surface area (Å²) >= 11 is 0. The Labute approximate surface area is 255 Å². The second-order valence-electron chi connectivity index (χ2n) is 12.2. The van der Waals surface area contributed by atoms with Gasteiger partial charge in [-0.2, -0.15) is 13.2 Å². The molecule has 5 rings (SSSR count). The predicted molar refractivity (Wildman–Crippen MR) is 161 cm³/mol. The first-order valence-electron chi connectivity index (χ1n) is 15.2. The van der Waals surface area contributed by atoms with Crippen LogP contribution in [0.1, 0.15) is 76.8 Å². The first kappa shape index (κ1) is 31.7. The van der Waals surface area contributed by atoms with E-state index in [0.29, 0.717) is 30.9 Å². The normalized spacial score (nSPS) is 22.5. The van der Waals surface area contributed by atoms with Crippen molar-refractivity contribution in [2.45, 2.75) is 71.2 Å². The molecule has 44 heavy (non-hydrogen) atoms. The molecule has 3 aromatic carbocycles. The number of aryl methyl sites for hydroxylation is 2. The molecule has 2 aliphatic heterocycles. The van der Waals surface area contributed by atoms with Crippen molar-refractivity contribution in [1.29, 1.82) is 0 Å². The summed E-state index contributed by atoms with van der Waals surface area (Å²) in [6.45, 7) is 6.16. The number of hydrogen-bond donors (Lipinski definition) is 1. The molecule has 0 bridgehead atoms.